The van der Waals surface area contributed by atoms with Gasteiger partial charge < -0.3 is 14.6 Å². The summed E-state index contributed by atoms with van der Waals surface area (Å²) in [6.07, 6.45) is 7.09. The first kappa shape index (κ1) is 22.7. The number of hydrogen-bond donors (Lipinski definition) is 1. The molecule has 4 heterocycles. The molecule has 2 aromatic heterocycles. The van der Waals surface area contributed by atoms with E-state index in [2.05, 4.69) is 10.3 Å². The molecule has 0 spiro atoms. The smallest absolute Gasteiger partial charge is 0.325 e. The second-order valence-corrected chi connectivity index (χ2v) is 10.2. The lowest BCUT2D eigenvalue weighted by atomic mass is 9.74. The fourth-order valence-electron chi connectivity index (χ4n) is 5.61. The van der Waals surface area contributed by atoms with Crippen molar-refractivity contribution in [2.24, 2.45) is 11.8 Å². The van der Waals surface area contributed by atoms with Crippen LogP contribution in [0.25, 0.3) is 5.65 Å². The van der Waals surface area contributed by atoms with Crippen molar-refractivity contribution in [3.63, 3.8) is 0 Å². The van der Waals surface area contributed by atoms with Gasteiger partial charge in [-0.2, -0.15) is 0 Å². The van der Waals surface area contributed by atoms with Gasteiger partial charge in [-0.25, -0.2) is 14.2 Å². The number of aromatic nitrogens is 2. The molecule has 4 amide bonds. The van der Waals surface area contributed by atoms with E-state index in [0.29, 0.717) is 56.2 Å². The average Bonchev–Trinajstić information content (AvgIpc) is 3.56. The maximum absolute atomic E-state index is 13.8. The van der Waals surface area contributed by atoms with Crippen LogP contribution in [0, 0.1) is 17.7 Å². The molecule has 0 radical (unpaired) electrons. The highest BCUT2D eigenvalue weighted by atomic mass is 19.1. The van der Waals surface area contributed by atoms with Crippen LogP contribution >= 0.6 is 0 Å². The summed E-state index contributed by atoms with van der Waals surface area (Å²) in [7, 11) is 0. The van der Waals surface area contributed by atoms with Crippen LogP contribution in [-0.4, -0.2) is 62.2 Å². The number of rotatable bonds is 6. The van der Waals surface area contributed by atoms with E-state index in [-0.39, 0.29) is 29.6 Å². The number of benzene rings is 1. The van der Waals surface area contributed by atoms with Crippen molar-refractivity contribution in [2.45, 2.75) is 37.6 Å². The van der Waals surface area contributed by atoms with E-state index in [1.807, 2.05) is 28.8 Å². The molecule has 3 fully saturated rings. The zero-order valence-corrected chi connectivity index (χ0v) is 19.9. The molecule has 9 heteroatoms. The largest absolute Gasteiger partial charge is 0.337 e. The van der Waals surface area contributed by atoms with Gasteiger partial charge in [-0.3, -0.25) is 14.5 Å². The number of imide groups is 1. The Morgan fingerprint density at radius 2 is 1.81 bits per heavy atom. The fourth-order valence-corrected chi connectivity index (χ4v) is 5.61. The first-order valence-electron chi connectivity index (χ1n) is 12.5. The average molecular weight is 490 g/mol. The topological polar surface area (TPSA) is 87.0 Å². The second-order valence-electron chi connectivity index (χ2n) is 10.2. The summed E-state index contributed by atoms with van der Waals surface area (Å²) in [5, 5.41) is 3.05. The van der Waals surface area contributed by atoms with Gasteiger partial charge in [0, 0.05) is 38.4 Å². The van der Waals surface area contributed by atoms with E-state index in [9.17, 15) is 18.8 Å². The van der Waals surface area contributed by atoms with Crippen molar-refractivity contribution in [1.29, 1.82) is 0 Å². The number of nitrogens with one attached hydrogen (secondary N) is 1. The van der Waals surface area contributed by atoms with Crippen molar-refractivity contribution < 1.29 is 18.8 Å². The number of carbonyl (C=O) groups is 3. The third-order valence-corrected chi connectivity index (χ3v) is 7.80. The van der Waals surface area contributed by atoms with Gasteiger partial charge in [0.05, 0.1) is 0 Å². The van der Waals surface area contributed by atoms with Crippen molar-refractivity contribution in [2.75, 3.05) is 19.6 Å². The second kappa shape index (κ2) is 8.72. The Kier molecular flexibility index (Phi) is 5.50. The molecular weight excluding hydrogens is 461 g/mol. The Hall–Kier alpha value is -3.75. The van der Waals surface area contributed by atoms with Crippen LogP contribution in [0.5, 0.6) is 0 Å². The first-order valence-corrected chi connectivity index (χ1v) is 12.5. The van der Waals surface area contributed by atoms with Crippen LogP contribution in [0.4, 0.5) is 9.18 Å². The molecule has 8 nitrogen and oxygen atoms in total. The zero-order valence-electron chi connectivity index (χ0n) is 19.9. The zero-order chi connectivity index (χ0) is 24.9. The number of pyridine rings is 1. The highest BCUT2D eigenvalue weighted by Gasteiger charge is 2.56. The number of piperidine rings is 1. The third-order valence-electron chi connectivity index (χ3n) is 7.80. The Balaban J connectivity index is 1.22. The van der Waals surface area contributed by atoms with E-state index in [0.717, 1.165) is 18.4 Å². The van der Waals surface area contributed by atoms with Gasteiger partial charge in [0.1, 0.15) is 22.7 Å². The van der Waals surface area contributed by atoms with Crippen LogP contribution < -0.4 is 5.32 Å². The minimum absolute atomic E-state index is 0.137. The van der Waals surface area contributed by atoms with Crippen molar-refractivity contribution in [3.8, 4) is 0 Å². The van der Waals surface area contributed by atoms with E-state index >= 15 is 0 Å². The molecule has 1 atom stereocenters. The van der Waals surface area contributed by atoms with Crippen LogP contribution in [0.1, 0.15) is 41.7 Å². The molecule has 3 aliphatic rings. The summed E-state index contributed by atoms with van der Waals surface area (Å²) >= 11 is 0. The molecule has 1 N–H and O–H groups in total. The lowest BCUT2D eigenvalue weighted by molar-refractivity contribution is -0.134. The molecule has 2 saturated heterocycles. The minimum atomic E-state index is -1.10. The SMILES string of the molecule is O=C(c1cn2ccccc2n1)N1CCC([C@]2(Cc3ccc(F)cc3)NC(=O)N(CC3CC3)C2=O)CC1. The number of nitrogens with zero attached hydrogens (tertiary/aromatic N) is 4. The molecule has 0 unspecified atom stereocenters. The Bertz CT molecular complexity index is 1290. The Morgan fingerprint density at radius 3 is 2.50 bits per heavy atom. The first-order chi connectivity index (χ1) is 17.4. The van der Waals surface area contributed by atoms with Crippen LogP contribution in [-0.2, 0) is 11.2 Å². The summed E-state index contributed by atoms with van der Waals surface area (Å²) in [6.45, 7) is 1.38. The lowest BCUT2D eigenvalue weighted by Gasteiger charge is -2.41. The maximum Gasteiger partial charge on any atom is 0.325 e. The molecule has 0 bridgehead atoms. The minimum Gasteiger partial charge on any atom is -0.337 e. The van der Waals surface area contributed by atoms with Gasteiger partial charge >= 0.3 is 6.03 Å². The summed E-state index contributed by atoms with van der Waals surface area (Å²) in [5.41, 5.74) is 0.800. The molecule has 2 aliphatic heterocycles. The van der Waals surface area contributed by atoms with Gasteiger partial charge in [0.15, 0.2) is 0 Å². The summed E-state index contributed by atoms with van der Waals surface area (Å²) in [4.78, 5) is 47.5. The number of carbonyl (C=O) groups excluding carboxylic acids is 3. The van der Waals surface area contributed by atoms with Crippen LogP contribution in [0.2, 0.25) is 0 Å². The molecule has 36 heavy (non-hydrogen) atoms. The number of imidazole rings is 1. The Morgan fingerprint density at radius 1 is 1.06 bits per heavy atom. The normalized spacial score (nSPS) is 22.9. The molecule has 3 aromatic rings. The lowest BCUT2D eigenvalue weighted by Crippen LogP contribution is -2.58. The number of fused-ring (bicyclic) bond motifs is 1. The standard InChI is InChI=1S/C27H28FN5O3/c28-21-8-6-18(7-9-21)15-27(25(35)33(26(36)30-27)16-19-4-5-19)20-10-13-31(14-11-20)24(34)22-17-32-12-2-1-3-23(32)29-22/h1-3,6-9,12,17,19-20H,4-5,10-11,13-16H2,(H,30,36)/t27-/m0/s1. The molecule has 1 saturated carbocycles. The molecule has 186 valence electrons. The van der Waals surface area contributed by atoms with Crippen LogP contribution in [0.3, 0.4) is 0 Å². The van der Waals surface area contributed by atoms with E-state index in [1.54, 1.807) is 23.2 Å². The van der Waals surface area contributed by atoms with E-state index in [1.165, 1.54) is 17.0 Å². The quantitative estimate of drug-likeness (QED) is 0.539. The molecule has 1 aliphatic carbocycles. The number of amides is 4. The summed E-state index contributed by atoms with van der Waals surface area (Å²) in [5.74, 6) is -0.445. The predicted octanol–water partition coefficient (Wildman–Crippen LogP) is 3.27. The van der Waals surface area contributed by atoms with Gasteiger partial charge in [0.2, 0.25) is 0 Å². The number of halogens is 1. The maximum atomic E-state index is 13.8. The number of likely N-dealkylation sites (tertiary alicyclic amines) is 1. The van der Waals surface area contributed by atoms with Crippen molar-refractivity contribution in [3.05, 3.63) is 71.9 Å². The highest BCUT2D eigenvalue weighted by Crippen LogP contribution is 2.39. The van der Waals surface area contributed by atoms with Gasteiger partial charge in [-0.05, 0) is 67.3 Å². The monoisotopic (exact) mass is 489 g/mol. The number of urea groups is 1. The van der Waals surface area contributed by atoms with Crippen molar-refractivity contribution >= 4 is 23.5 Å². The Labute approximate surface area is 208 Å². The van der Waals surface area contributed by atoms with Gasteiger partial charge in [-0.15, -0.1) is 0 Å². The summed E-state index contributed by atoms with van der Waals surface area (Å²) < 4.78 is 15.4. The fraction of sp³-hybridized carbons (Fsp3) is 0.407. The van der Waals surface area contributed by atoms with E-state index in [4.69, 9.17) is 0 Å². The molecule has 1 aromatic carbocycles. The predicted molar refractivity (Wildman–Crippen MR) is 130 cm³/mol. The molecular formula is C27H28FN5O3. The third kappa shape index (κ3) is 4.02. The van der Waals surface area contributed by atoms with Crippen LogP contribution in [0.15, 0.2) is 54.9 Å². The number of hydrogen-bond acceptors (Lipinski definition) is 4. The highest BCUT2D eigenvalue weighted by molar-refractivity contribution is 6.07. The van der Waals surface area contributed by atoms with Gasteiger partial charge in [-0.1, -0.05) is 18.2 Å². The van der Waals surface area contributed by atoms with E-state index < -0.39 is 5.54 Å². The van der Waals surface area contributed by atoms with Crippen molar-refractivity contribution in [1.82, 2.24) is 24.5 Å². The summed E-state index contributed by atoms with van der Waals surface area (Å²) in [6, 6.07) is 11.4. The molecule has 6 rings (SSSR count). The van der Waals surface area contributed by atoms with Gasteiger partial charge in [0.25, 0.3) is 11.8 Å².